The number of allylic oxidation sites excluding steroid dienone is 1. The highest BCUT2D eigenvalue weighted by molar-refractivity contribution is 7.16. The summed E-state index contributed by atoms with van der Waals surface area (Å²) in [6.07, 6.45) is 0.918. The quantitative estimate of drug-likeness (QED) is 0.797. The Hall–Kier alpha value is -1.36. The molecule has 0 atom stereocenters. The number of anilines is 1. The van der Waals surface area contributed by atoms with E-state index in [0.29, 0.717) is 18.0 Å². The summed E-state index contributed by atoms with van der Waals surface area (Å²) < 4.78 is 4.55. The smallest absolute Gasteiger partial charge is 0.305 e. The maximum absolute atomic E-state index is 10.9. The monoisotopic (exact) mass is 226 g/mol. The van der Waals surface area contributed by atoms with Gasteiger partial charge in [-0.1, -0.05) is 17.9 Å². The molecule has 5 heteroatoms. The van der Waals surface area contributed by atoms with Crippen LogP contribution in [0.4, 0.5) is 5.13 Å². The second-order valence-corrected chi connectivity index (χ2v) is 4.18. The molecular formula is C10H14N2O2S. The minimum Gasteiger partial charge on any atom is -0.469 e. The fourth-order valence-corrected chi connectivity index (χ4v) is 2.05. The summed E-state index contributed by atoms with van der Waals surface area (Å²) in [7, 11) is 1.38. The zero-order valence-corrected chi connectivity index (χ0v) is 9.69. The SMILES string of the molecule is C=C(CCC(=O)OC)c1sc(N)nc1C. The molecule has 2 N–H and O–H groups in total. The second-order valence-electron chi connectivity index (χ2n) is 3.15. The largest absolute Gasteiger partial charge is 0.469 e. The zero-order chi connectivity index (χ0) is 11.4. The maximum atomic E-state index is 10.9. The van der Waals surface area contributed by atoms with Gasteiger partial charge in [-0.15, -0.1) is 0 Å². The molecule has 0 aliphatic heterocycles. The molecule has 15 heavy (non-hydrogen) atoms. The summed E-state index contributed by atoms with van der Waals surface area (Å²) in [6, 6.07) is 0. The molecule has 0 aromatic carbocycles. The number of carbonyl (C=O) groups excluding carboxylic acids is 1. The predicted octanol–water partition coefficient (Wildman–Crippen LogP) is 2.00. The van der Waals surface area contributed by atoms with E-state index in [1.54, 1.807) is 0 Å². The lowest BCUT2D eigenvalue weighted by Crippen LogP contribution is -1.99. The van der Waals surface area contributed by atoms with Crippen LogP contribution in [0.25, 0.3) is 5.57 Å². The van der Waals surface area contributed by atoms with Gasteiger partial charge in [0.25, 0.3) is 0 Å². The van der Waals surface area contributed by atoms with Gasteiger partial charge in [0.2, 0.25) is 0 Å². The second kappa shape index (κ2) is 4.93. The molecule has 0 bridgehead atoms. The van der Waals surface area contributed by atoms with E-state index in [1.165, 1.54) is 18.4 Å². The summed E-state index contributed by atoms with van der Waals surface area (Å²) in [5, 5.41) is 0.529. The van der Waals surface area contributed by atoms with E-state index in [0.717, 1.165) is 16.1 Å². The van der Waals surface area contributed by atoms with Crippen molar-refractivity contribution >= 4 is 28.0 Å². The summed E-state index contributed by atoms with van der Waals surface area (Å²) in [5.41, 5.74) is 7.32. The van der Waals surface area contributed by atoms with Gasteiger partial charge in [0.15, 0.2) is 5.13 Å². The molecule has 0 radical (unpaired) electrons. The lowest BCUT2D eigenvalue weighted by atomic mass is 10.1. The van der Waals surface area contributed by atoms with Crippen molar-refractivity contribution in [1.29, 1.82) is 0 Å². The number of nitrogen functional groups attached to an aromatic ring is 1. The first-order valence-corrected chi connectivity index (χ1v) is 5.34. The van der Waals surface area contributed by atoms with E-state index < -0.39 is 0 Å². The van der Waals surface area contributed by atoms with E-state index in [2.05, 4.69) is 16.3 Å². The van der Waals surface area contributed by atoms with E-state index in [4.69, 9.17) is 5.73 Å². The summed E-state index contributed by atoms with van der Waals surface area (Å²) in [6.45, 7) is 5.79. The van der Waals surface area contributed by atoms with E-state index >= 15 is 0 Å². The summed E-state index contributed by atoms with van der Waals surface area (Å²) in [5.74, 6) is -0.230. The van der Waals surface area contributed by atoms with Gasteiger partial charge < -0.3 is 10.5 Å². The molecule has 0 fully saturated rings. The third-order valence-corrected chi connectivity index (χ3v) is 3.08. The number of thiazole rings is 1. The average molecular weight is 226 g/mol. The van der Waals surface area contributed by atoms with Crippen LogP contribution in [0.3, 0.4) is 0 Å². The number of nitrogens with zero attached hydrogens (tertiary/aromatic N) is 1. The number of nitrogens with two attached hydrogens (primary N) is 1. The summed E-state index contributed by atoms with van der Waals surface area (Å²) in [4.78, 5) is 16.0. The minimum atomic E-state index is -0.230. The Morgan fingerprint density at radius 3 is 2.73 bits per heavy atom. The van der Waals surface area contributed by atoms with Gasteiger partial charge in [-0.05, 0) is 18.9 Å². The molecule has 0 aliphatic rings. The van der Waals surface area contributed by atoms with Crippen LogP contribution in [-0.2, 0) is 9.53 Å². The van der Waals surface area contributed by atoms with Gasteiger partial charge >= 0.3 is 5.97 Å². The van der Waals surface area contributed by atoms with E-state index in [-0.39, 0.29) is 5.97 Å². The van der Waals surface area contributed by atoms with Crippen LogP contribution in [-0.4, -0.2) is 18.1 Å². The topological polar surface area (TPSA) is 65.2 Å². The average Bonchev–Trinajstić information content (AvgIpc) is 2.53. The number of ether oxygens (including phenoxy) is 1. The number of aromatic nitrogens is 1. The van der Waals surface area contributed by atoms with Crippen molar-refractivity contribution in [3.8, 4) is 0 Å². The molecule has 4 nitrogen and oxygen atoms in total. The Bertz CT molecular complexity index is 385. The summed E-state index contributed by atoms with van der Waals surface area (Å²) >= 11 is 1.40. The highest BCUT2D eigenvalue weighted by atomic mass is 32.1. The standard InChI is InChI=1S/C10H14N2O2S/c1-6(4-5-8(13)14-3)9-7(2)12-10(11)15-9/h1,4-5H2,2-3H3,(H2,11,12). The van der Waals surface area contributed by atoms with E-state index in [9.17, 15) is 4.79 Å². The molecule has 0 amide bonds. The number of methoxy groups -OCH3 is 1. The lowest BCUT2D eigenvalue weighted by molar-refractivity contribution is -0.140. The third-order valence-electron chi connectivity index (χ3n) is 1.99. The van der Waals surface area contributed by atoms with Gasteiger partial charge in [-0.3, -0.25) is 4.79 Å². The molecule has 1 aromatic heterocycles. The van der Waals surface area contributed by atoms with Gasteiger partial charge in [0, 0.05) is 6.42 Å². The van der Waals surface area contributed by atoms with Crippen LogP contribution >= 0.6 is 11.3 Å². The third kappa shape index (κ3) is 3.06. The Morgan fingerprint density at radius 2 is 2.27 bits per heavy atom. The number of hydrogen-bond acceptors (Lipinski definition) is 5. The van der Waals surface area contributed by atoms with Crippen LogP contribution in [0.15, 0.2) is 6.58 Å². The van der Waals surface area contributed by atoms with Crippen molar-refractivity contribution < 1.29 is 9.53 Å². The molecule has 0 saturated heterocycles. The number of carbonyl (C=O) groups is 1. The Labute approximate surface area is 92.8 Å². The van der Waals surface area contributed by atoms with Crippen LogP contribution in [0, 0.1) is 6.92 Å². The first-order chi connectivity index (χ1) is 7.04. The minimum absolute atomic E-state index is 0.230. The van der Waals surface area contributed by atoms with Crippen LogP contribution in [0.1, 0.15) is 23.4 Å². The molecule has 0 unspecified atom stereocenters. The first kappa shape index (κ1) is 11.7. The molecule has 0 saturated carbocycles. The molecule has 0 aliphatic carbocycles. The van der Waals surface area contributed by atoms with Gasteiger partial charge in [0.1, 0.15) is 0 Å². The van der Waals surface area contributed by atoms with Crippen molar-refractivity contribution in [1.82, 2.24) is 4.98 Å². The predicted molar refractivity (Wildman–Crippen MR) is 61.5 cm³/mol. The van der Waals surface area contributed by atoms with Crippen molar-refractivity contribution in [3.63, 3.8) is 0 Å². The normalized spacial score (nSPS) is 10.0. The first-order valence-electron chi connectivity index (χ1n) is 4.52. The van der Waals surface area contributed by atoms with Crippen LogP contribution < -0.4 is 5.73 Å². The van der Waals surface area contributed by atoms with Crippen molar-refractivity contribution in [2.75, 3.05) is 12.8 Å². The van der Waals surface area contributed by atoms with Gasteiger partial charge in [0.05, 0.1) is 17.7 Å². The fraction of sp³-hybridized carbons (Fsp3) is 0.400. The highest BCUT2D eigenvalue weighted by Gasteiger charge is 2.10. The Balaban J connectivity index is 2.61. The van der Waals surface area contributed by atoms with Crippen molar-refractivity contribution in [2.24, 2.45) is 0 Å². The molecule has 82 valence electrons. The van der Waals surface area contributed by atoms with Crippen molar-refractivity contribution in [2.45, 2.75) is 19.8 Å². The number of aryl methyl sites for hydroxylation is 1. The number of hydrogen-bond donors (Lipinski definition) is 1. The Morgan fingerprint density at radius 1 is 1.60 bits per heavy atom. The van der Waals surface area contributed by atoms with Gasteiger partial charge in [-0.25, -0.2) is 4.98 Å². The van der Waals surface area contributed by atoms with E-state index in [1.807, 2.05) is 6.92 Å². The van der Waals surface area contributed by atoms with Crippen LogP contribution in [0.5, 0.6) is 0 Å². The molecule has 0 spiro atoms. The zero-order valence-electron chi connectivity index (χ0n) is 8.87. The van der Waals surface area contributed by atoms with Crippen molar-refractivity contribution in [3.05, 3.63) is 17.2 Å². The lowest BCUT2D eigenvalue weighted by Gasteiger charge is -2.02. The Kier molecular flexibility index (Phi) is 3.85. The van der Waals surface area contributed by atoms with Crippen LogP contribution in [0.2, 0.25) is 0 Å². The molecular weight excluding hydrogens is 212 g/mol. The highest BCUT2D eigenvalue weighted by Crippen LogP contribution is 2.28. The molecule has 1 aromatic rings. The number of esters is 1. The van der Waals surface area contributed by atoms with Gasteiger partial charge in [-0.2, -0.15) is 0 Å². The fourth-order valence-electron chi connectivity index (χ4n) is 1.21. The molecule has 1 heterocycles. The maximum Gasteiger partial charge on any atom is 0.305 e. The molecule has 1 rings (SSSR count). The number of rotatable bonds is 4.